The maximum Gasteiger partial charge on any atom is 0.244 e. The molecule has 0 spiro atoms. The highest BCUT2D eigenvalue weighted by Crippen LogP contribution is 2.30. The van der Waals surface area contributed by atoms with Gasteiger partial charge < -0.3 is 5.32 Å². The van der Waals surface area contributed by atoms with E-state index in [-0.39, 0.29) is 6.04 Å². The van der Waals surface area contributed by atoms with Crippen LogP contribution in [0.3, 0.4) is 0 Å². The minimum atomic E-state index is -4.17. The van der Waals surface area contributed by atoms with Crippen LogP contribution in [0.4, 0.5) is 4.39 Å². The maximum atomic E-state index is 13.9. The van der Waals surface area contributed by atoms with Crippen LogP contribution in [0.25, 0.3) is 0 Å². The number of carbonyl (C=O) groups is 1. The Morgan fingerprint density at radius 2 is 1.91 bits per heavy atom. The third-order valence-electron chi connectivity index (χ3n) is 5.61. The first-order valence-electron chi connectivity index (χ1n) is 10.5. The molecule has 0 fully saturated rings. The Hall–Kier alpha value is -3.04. The van der Waals surface area contributed by atoms with Gasteiger partial charge in [-0.2, -0.15) is 9.82 Å². The quantitative estimate of drug-likeness (QED) is 0.572. The Kier molecular flexibility index (Phi) is 6.38. The second kappa shape index (κ2) is 9.22. The number of aromatic nitrogens is 2. The lowest BCUT2D eigenvalue weighted by atomic mass is 9.92. The Bertz CT molecular complexity index is 1210. The van der Waals surface area contributed by atoms with Crippen LogP contribution in [-0.2, 0) is 27.8 Å². The van der Waals surface area contributed by atoms with E-state index in [1.165, 1.54) is 19.1 Å². The largest absolute Gasteiger partial charge is 0.348 e. The van der Waals surface area contributed by atoms with E-state index in [9.17, 15) is 17.6 Å². The number of carbonyl (C=O) groups excluding carboxylic acids is 1. The van der Waals surface area contributed by atoms with Gasteiger partial charge in [-0.1, -0.05) is 42.5 Å². The second-order valence-corrected chi connectivity index (χ2v) is 9.60. The van der Waals surface area contributed by atoms with Gasteiger partial charge in [-0.05, 0) is 43.9 Å². The van der Waals surface area contributed by atoms with E-state index in [0.29, 0.717) is 6.54 Å². The van der Waals surface area contributed by atoms with Crippen molar-refractivity contribution in [2.45, 2.75) is 49.7 Å². The van der Waals surface area contributed by atoms with Crippen LogP contribution in [0.15, 0.2) is 65.7 Å². The molecule has 1 aliphatic carbocycles. The van der Waals surface area contributed by atoms with E-state index in [0.717, 1.165) is 48.2 Å². The molecule has 0 radical (unpaired) electrons. The molecule has 3 aromatic rings. The van der Waals surface area contributed by atoms with Crippen molar-refractivity contribution in [2.75, 3.05) is 0 Å². The zero-order valence-corrected chi connectivity index (χ0v) is 18.5. The van der Waals surface area contributed by atoms with Crippen molar-refractivity contribution in [3.8, 4) is 0 Å². The summed E-state index contributed by atoms with van der Waals surface area (Å²) in [5.41, 5.74) is 3.16. The van der Waals surface area contributed by atoms with Crippen molar-refractivity contribution >= 4 is 15.9 Å². The van der Waals surface area contributed by atoms with Gasteiger partial charge in [-0.3, -0.25) is 9.48 Å². The molecule has 0 bridgehead atoms. The first kappa shape index (κ1) is 22.2. The normalized spacial score (nSPS) is 16.9. The molecular formula is C23H25FN4O3S. The van der Waals surface area contributed by atoms with Crippen LogP contribution in [0.2, 0.25) is 0 Å². The van der Waals surface area contributed by atoms with Gasteiger partial charge in [-0.15, -0.1) is 0 Å². The fraction of sp³-hybridized carbons (Fsp3) is 0.304. The van der Waals surface area contributed by atoms with Gasteiger partial charge in [0.2, 0.25) is 15.9 Å². The Labute approximate surface area is 186 Å². The summed E-state index contributed by atoms with van der Waals surface area (Å²) in [6.07, 6.45) is 4.26. The minimum absolute atomic E-state index is 0.254. The SMILES string of the molecule is C[C@H](NS(=O)(=O)c1ccccc1F)C(=O)N[C@@H]1CCCc2c1cnn2Cc1ccccc1. The number of fused-ring (bicyclic) bond motifs is 1. The van der Waals surface area contributed by atoms with Crippen LogP contribution >= 0.6 is 0 Å². The first-order valence-corrected chi connectivity index (χ1v) is 12.0. The van der Waals surface area contributed by atoms with Crippen LogP contribution in [0, 0.1) is 5.82 Å². The van der Waals surface area contributed by atoms with E-state index in [4.69, 9.17) is 0 Å². The summed E-state index contributed by atoms with van der Waals surface area (Å²) in [6.45, 7) is 2.09. The third kappa shape index (κ3) is 4.73. The van der Waals surface area contributed by atoms with Gasteiger partial charge in [0.25, 0.3) is 0 Å². The molecule has 7 nitrogen and oxygen atoms in total. The van der Waals surface area contributed by atoms with Crippen molar-refractivity contribution in [3.05, 3.63) is 83.4 Å². The summed E-state index contributed by atoms with van der Waals surface area (Å²) < 4.78 is 43.1. The molecule has 1 aromatic heterocycles. The summed E-state index contributed by atoms with van der Waals surface area (Å²) in [6, 6.07) is 13.8. The highest BCUT2D eigenvalue weighted by Gasteiger charge is 2.29. The molecule has 1 aliphatic rings. The predicted octanol–water partition coefficient (Wildman–Crippen LogP) is 2.93. The Morgan fingerprint density at radius 1 is 1.19 bits per heavy atom. The monoisotopic (exact) mass is 456 g/mol. The topological polar surface area (TPSA) is 93.1 Å². The molecule has 2 atom stereocenters. The Morgan fingerprint density at radius 3 is 2.66 bits per heavy atom. The number of nitrogens with one attached hydrogen (secondary N) is 2. The summed E-state index contributed by atoms with van der Waals surface area (Å²) >= 11 is 0. The number of sulfonamides is 1. The predicted molar refractivity (Wildman–Crippen MR) is 118 cm³/mol. The van der Waals surface area contributed by atoms with E-state index in [1.54, 1.807) is 6.20 Å². The van der Waals surface area contributed by atoms with Crippen molar-refractivity contribution in [1.82, 2.24) is 19.8 Å². The molecule has 0 saturated carbocycles. The molecule has 2 aromatic carbocycles. The van der Waals surface area contributed by atoms with Gasteiger partial charge in [0.1, 0.15) is 10.7 Å². The fourth-order valence-electron chi connectivity index (χ4n) is 3.97. The molecule has 0 saturated heterocycles. The van der Waals surface area contributed by atoms with E-state index >= 15 is 0 Å². The first-order chi connectivity index (χ1) is 15.3. The summed E-state index contributed by atoms with van der Waals surface area (Å²) in [7, 11) is -4.17. The fourth-order valence-corrected chi connectivity index (χ4v) is 5.25. The number of rotatable bonds is 7. The molecule has 168 valence electrons. The molecule has 1 heterocycles. The zero-order chi connectivity index (χ0) is 22.7. The molecule has 9 heteroatoms. The number of nitrogens with zero attached hydrogens (tertiary/aromatic N) is 2. The highest BCUT2D eigenvalue weighted by molar-refractivity contribution is 7.89. The number of hydrogen-bond donors (Lipinski definition) is 2. The van der Waals surface area contributed by atoms with Crippen molar-refractivity contribution in [1.29, 1.82) is 0 Å². The van der Waals surface area contributed by atoms with Crippen LogP contribution < -0.4 is 10.0 Å². The average Bonchev–Trinajstić information content (AvgIpc) is 3.18. The summed E-state index contributed by atoms with van der Waals surface area (Å²) in [5.74, 6) is -1.34. The van der Waals surface area contributed by atoms with Gasteiger partial charge >= 0.3 is 0 Å². The van der Waals surface area contributed by atoms with Gasteiger partial charge in [0.05, 0.1) is 24.8 Å². The number of amides is 1. The molecule has 0 aliphatic heterocycles. The lowest BCUT2D eigenvalue weighted by Crippen LogP contribution is -2.46. The van der Waals surface area contributed by atoms with Gasteiger partial charge in [-0.25, -0.2) is 12.8 Å². The summed E-state index contributed by atoms with van der Waals surface area (Å²) in [5, 5.41) is 7.44. The van der Waals surface area contributed by atoms with Crippen molar-refractivity contribution in [3.63, 3.8) is 0 Å². The number of benzene rings is 2. The molecule has 2 N–H and O–H groups in total. The average molecular weight is 457 g/mol. The van der Waals surface area contributed by atoms with Crippen LogP contribution in [0.1, 0.15) is 42.6 Å². The number of halogens is 1. The molecule has 32 heavy (non-hydrogen) atoms. The molecule has 4 rings (SSSR count). The van der Waals surface area contributed by atoms with Crippen molar-refractivity contribution < 1.29 is 17.6 Å². The zero-order valence-electron chi connectivity index (χ0n) is 17.7. The van der Waals surface area contributed by atoms with E-state index in [1.807, 2.05) is 35.0 Å². The van der Waals surface area contributed by atoms with E-state index < -0.39 is 32.7 Å². The third-order valence-corrected chi connectivity index (χ3v) is 7.18. The van der Waals surface area contributed by atoms with E-state index in [2.05, 4.69) is 15.1 Å². The lowest BCUT2D eigenvalue weighted by Gasteiger charge is -2.26. The maximum absolute atomic E-state index is 13.9. The van der Waals surface area contributed by atoms with Crippen LogP contribution in [-0.4, -0.2) is 30.1 Å². The van der Waals surface area contributed by atoms with Crippen molar-refractivity contribution in [2.24, 2.45) is 0 Å². The lowest BCUT2D eigenvalue weighted by molar-refractivity contribution is -0.123. The molecular weight excluding hydrogens is 431 g/mol. The highest BCUT2D eigenvalue weighted by atomic mass is 32.2. The smallest absolute Gasteiger partial charge is 0.244 e. The minimum Gasteiger partial charge on any atom is -0.348 e. The van der Waals surface area contributed by atoms with Gasteiger partial charge in [0.15, 0.2) is 0 Å². The summed E-state index contributed by atoms with van der Waals surface area (Å²) in [4.78, 5) is 12.3. The van der Waals surface area contributed by atoms with Gasteiger partial charge in [0, 0.05) is 11.3 Å². The molecule has 0 unspecified atom stereocenters. The Balaban J connectivity index is 1.45. The second-order valence-electron chi connectivity index (χ2n) is 7.92. The standard InChI is InChI=1S/C23H25FN4O3S/c1-16(27-32(30,31)22-13-6-5-10-19(22)24)23(29)26-20-11-7-12-21-18(20)14-25-28(21)15-17-8-3-2-4-9-17/h2-6,8-10,13-14,16,20,27H,7,11-12,15H2,1H3,(H,26,29)/t16-,20+/m0/s1. The number of hydrogen-bond acceptors (Lipinski definition) is 4. The van der Waals surface area contributed by atoms with Crippen LogP contribution in [0.5, 0.6) is 0 Å². The molecule has 1 amide bonds.